The van der Waals surface area contributed by atoms with Crippen molar-refractivity contribution in [3.05, 3.63) is 72.4 Å². The highest BCUT2D eigenvalue weighted by molar-refractivity contribution is 6.54. The van der Waals surface area contributed by atoms with Gasteiger partial charge in [-0.15, -0.1) is 5.10 Å². The first-order chi connectivity index (χ1) is 21.3. The molecule has 14 heteroatoms. The highest BCUT2D eigenvalue weighted by Crippen LogP contribution is 2.35. The molecular formula is C30H34BF2N8O3. The monoisotopic (exact) mass is 603 g/mol. The minimum atomic E-state index is -0.770. The molecule has 229 valence electrons. The van der Waals surface area contributed by atoms with E-state index in [0.29, 0.717) is 30.8 Å². The van der Waals surface area contributed by atoms with Gasteiger partial charge in [0.05, 0.1) is 36.4 Å². The minimum Gasteiger partial charge on any atom is -0.491 e. The molecule has 0 saturated carbocycles. The summed E-state index contributed by atoms with van der Waals surface area (Å²) >= 11 is 0. The number of ether oxygens (including phenoxy) is 2. The van der Waals surface area contributed by atoms with E-state index in [1.54, 1.807) is 38.8 Å². The maximum absolute atomic E-state index is 15.3. The molecule has 1 aromatic carbocycles. The second-order valence-electron chi connectivity index (χ2n) is 10.5. The first-order valence-electron chi connectivity index (χ1n) is 14.4. The molecule has 44 heavy (non-hydrogen) atoms. The van der Waals surface area contributed by atoms with Crippen LogP contribution in [0.5, 0.6) is 5.75 Å². The smallest absolute Gasteiger partial charge is 0.274 e. The second kappa shape index (κ2) is 13.9. The molecular weight excluding hydrogens is 569 g/mol. The molecule has 1 aliphatic rings. The summed E-state index contributed by atoms with van der Waals surface area (Å²) in [6.07, 6.45) is 7.51. The van der Waals surface area contributed by atoms with E-state index in [4.69, 9.17) is 15.2 Å². The molecule has 3 aromatic heterocycles. The van der Waals surface area contributed by atoms with Crippen LogP contribution in [-0.4, -0.2) is 77.6 Å². The van der Waals surface area contributed by atoms with Gasteiger partial charge in [-0.05, 0) is 30.7 Å². The summed E-state index contributed by atoms with van der Waals surface area (Å²) in [6, 6.07) is 6.65. The molecule has 4 aromatic rings. The number of benzene rings is 1. The largest absolute Gasteiger partial charge is 0.491 e. The molecule has 3 unspecified atom stereocenters. The lowest BCUT2D eigenvalue weighted by molar-refractivity contribution is 0.102. The van der Waals surface area contributed by atoms with Gasteiger partial charge in [-0.2, -0.15) is 0 Å². The summed E-state index contributed by atoms with van der Waals surface area (Å²) in [5.41, 5.74) is 7.74. The van der Waals surface area contributed by atoms with E-state index in [1.165, 1.54) is 13.2 Å². The van der Waals surface area contributed by atoms with Gasteiger partial charge in [0.2, 0.25) is 0 Å². The Kier molecular flexibility index (Phi) is 9.80. The maximum Gasteiger partial charge on any atom is 0.274 e. The number of pyridine rings is 2. The molecule has 3 N–H and O–H groups in total. The molecule has 4 heterocycles. The number of hydrogen-bond donors (Lipinski definition) is 2. The Morgan fingerprint density at radius 3 is 2.73 bits per heavy atom. The highest BCUT2D eigenvalue weighted by Gasteiger charge is 2.36. The number of carbonyl (C=O) groups excluding carboxylic acids is 1. The molecule has 1 radical (unpaired) electrons. The van der Waals surface area contributed by atoms with Crippen molar-refractivity contribution in [2.24, 2.45) is 11.7 Å². The Morgan fingerprint density at radius 1 is 1.16 bits per heavy atom. The third-order valence-electron chi connectivity index (χ3n) is 7.74. The molecule has 5 rings (SSSR count). The van der Waals surface area contributed by atoms with Crippen LogP contribution < -0.4 is 26.2 Å². The lowest BCUT2D eigenvalue weighted by Gasteiger charge is -2.43. The Morgan fingerprint density at radius 2 is 2.00 bits per heavy atom. The van der Waals surface area contributed by atoms with E-state index in [9.17, 15) is 4.79 Å². The third kappa shape index (κ3) is 6.55. The van der Waals surface area contributed by atoms with E-state index in [-0.39, 0.29) is 47.3 Å². The average Bonchev–Trinajstić information content (AvgIpc) is 3.55. The van der Waals surface area contributed by atoms with E-state index in [0.717, 1.165) is 24.2 Å². The summed E-state index contributed by atoms with van der Waals surface area (Å²) in [6.45, 7) is 5.52. The van der Waals surface area contributed by atoms with Gasteiger partial charge in [0.25, 0.3) is 5.91 Å². The van der Waals surface area contributed by atoms with Crippen LogP contribution in [0.25, 0.3) is 11.3 Å². The van der Waals surface area contributed by atoms with Crippen LogP contribution >= 0.6 is 0 Å². The molecule has 0 bridgehead atoms. The number of methoxy groups -OCH3 is 1. The Bertz CT molecular complexity index is 1590. The van der Waals surface area contributed by atoms with Crippen LogP contribution in [0, 0.1) is 17.6 Å². The van der Waals surface area contributed by atoms with Crippen molar-refractivity contribution in [2.45, 2.75) is 32.3 Å². The van der Waals surface area contributed by atoms with Gasteiger partial charge in [-0.3, -0.25) is 9.78 Å². The molecule has 1 saturated heterocycles. The fraction of sp³-hybridized carbons (Fsp3) is 0.367. The van der Waals surface area contributed by atoms with Crippen molar-refractivity contribution in [3.8, 4) is 17.0 Å². The van der Waals surface area contributed by atoms with Crippen molar-refractivity contribution in [1.82, 2.24) is 25.0 Å². The summed E-state index contributed by atoms with van der Waals surface area (Å²) in [7, 11) is 3.16. The normalized spacial score (nSPS) is 18.2. The Labute approximate surface area is 255 Å². The lowest BCUT2D eigenvalue weighted by atomic mass is 9.70. The average molecular weight is 603 g/mol. The molecule has 1 amide bonds. The summed E-state index contributed by atoms with van der Waals surface area (Å²) in [5, 5.41) is 11.0. The number of anilines is 2. The molecule has 0 spiro atoms. The second-order valence-corrected chi connectivity index (χ2v) is 10.5. The lowest BCUT2D eigenvalue weighted by Crippen LogP contribution is -2.54. The number of rotatable bonds is 11. The van der Waals surface area contributed by atoms with Crippen molar-refractivity contribution in [1.29, 1.82) is 0 Å². The summed E-state index contributed by atoms with van der Waals surface area (Å²) < 4.78 is 42.7. The van der Waals surface area contributed by atoms with Crippen LogP contribution in [-0.2, 0) is 4.74 Å². The van der Waals surface area contributed by atoms with Gasteiger partial charge in [0.1, 0.15) is 42.7 Å². The van der Waals surface area contributed by atoms with Crippen molar-refractivity contribution in [3.63, 3.8) is 0 Å². The van der Waals surface area contributed by atoms with Gasteiger partial charge in [-0.25, -0.2) is 18.4 Å². The Balaban J connectivity index is 1.39. The minimum absolute atomic E-state index is 0.0166. The number of piperidine rings is 1. The number of hydrogen-bond acceptors (Lipinski definition) is 9. The first kappa shape index (κ1) is 31.0. The number of nitrogens with two attached hydrogens (primary N) is 1. The topological polar surface area (TPSA) is 133 Å². The fourth-order valence-electron chi connectivity index (χ4n) is 5.63. The van der Waals surface area contributed by atoms with E-state index < -0.39 is 17.5 Å². The molecule has 11 nitrogen and oxygen atoms in total. The highest BCUT2D eigenvalue weighted by atomic mass is 19.1. The summed E-state index contributed by atoms with van der Waals surface area (Å²) in [4.78, 5) is 24.0. The van der Waals surface area contributed by atoms with Crippen molar-refractivity contribution in [2.75, 3.05) is 43.6 Å². The van der Waals surface area contributed by atoms with Crippen LogP contribution in [0.3, 0.4) is 0 Å². The zero-order chi connectivity index (χ0) is 31.2. The number of aromatic nitrogens is 5. The molecule has 3 atom stereocenters. The predicted molar refractivity (Wildman–Crippen MR) is 163 cm³/mol. The van der Waals surface area contributed by atoms with Gasteiger partial charge >= 0.3 is 0 Å². The SMILES string of the molecule is C[B]c1cc(OCCOC)cc(F)c1-c1nc(C(=O)Nc2cnccc2N2CC(N)C(n3ccnn3)C(CC)C2)ccc1F. The van der Waals surface area contributed by atoms with Crippen LogP contribution in [0.4, 0.5) is 20.2 Å². The molecule has 1 aliphatic heterocycles. The number of halogens is 2. The van der Waals surface area contributed by atoms with E-state index in [1.807, 2.05) is 16.9 Å². The number of amides is 1. The first-order valence-corrected chi connectivity index (χ1v) is 14.4. The quantitative estimate of drug-likeness (QED) is 0.196. The van der Waals surface area contributed by atoms with E-state index in [2.05, 4.69) is 37.4 Å². The standard InChI is InChI=1S/C30H34BF2N8O3/c1-4-18-16-40(17-23(34)29(18)41-10-9-36-39-41)26-7-8-35-15-25(26)38-30(42)24-6-5-21(32)28(37-24)27-20(31-2)13-19(14-22(27)33)44-12-11-43-3/h5-10,13-15,18,23,29H,4,11-12,16-17,34H2,1-3H3,(H,38,42). The van der Waals surface area contributed by atoms with Gasteiger partial charge < -0.3 is 25.4 Å². The maximum atomic E-state index is 15.3. The van der Waals surface area contributed by atoms with Crippen LogP contribution in [0.1, 0.15) is 29.9 Å². The third-order valence-corrected chi connectivity index (χ3v) is 7.74. The zero-order valence-corrected chi connectivity index (χ0v) is 24.8. The number of nitrogens with one attached hydrogen (secondary N) is 1. The van der Waals surface area contributed by atoms with E-state index >= 15 is 8.78 Å². The van der Waals surface area contributed by atoms with Gasteiger partial charge in [0, 0.05) is 56.2 Å². The van der Waals surface area contributed by atoms with Crippen LogP contribution in [0.15, 0.2) is 55.1 Å². The Hall–Kier alpha value is -4.43. The molecule has 1 fully saturated rings. The predicted octanol–water partition coefficient (Wildman–Crippen LogP) is 3.08. The van der Waals surface area contributed by atoms with Crippen LogP contribution in [0.2, 0.25) is 6.82 Å². The van der Waals surface area contributed by atoms with Gasteiger partial charge in [0.15, 0.2) is 0 Å². The number of carbonyl (C=O) groups is 1. The van der Waals surface area contributed by atoms with Crippen molar-refractivity contribution < 1.29 is 23.0 Å². The molecule has 0 aliphatic carbocycles. The van der Waals surface area contributed by atoms with Gasteiger partial charge in [-0.1, -0.05) is 24.4 Å². The zero-order valence-electron chi connectivity index (χ0n) is 24.8. The number of nitrogens with zero attached hydrogens (tertiary/aromatic N) is 6. The fourth-order valence-corrected chi connectivity index (χ4v) is 5.63. The van der Waals surface area contributed by atoms with Crippen molar-refractivity contribution >= 4 is 30.0 Å². The summed E-state index contributed by atoms with van der Waals surface area (Å²) in [5.74, 6) is -1.66.